The molecule has 9 heteroatoms. The predicted molar refractivity (Wildman–Crippen MR) is 59.1 cm³/mol. The third-order valence-electron chi connectivity index (χ3n) is 0.821. The summed E-state index contributed by atoms with van der Waals surface area (Å²) in [6, 6.07) is 0. The van der Waals surface area contributed by atoms with Gasteiger partial charge in [-0.2, -0.15) is 0 Å². The molecule has 0 aromatic carbocycles. The molecule has 0 aromatic rings. The topological polar surface area (TPSA) is 179 Å². The van der Waals surface area contributed by atoms with Gasteiger partial charge in [-0.25, -0.2) is 0 Å². The maximum Gasteiger partial charge on any atom is 0.319 e. The number of nitrogens with two attached hydrogens (primary N) is 3. The molecule has 9 nitrogen and oxygen atoms in total. The molecule has 0 aliphatic carbocycles. The van der Waals surface area contributed by atoms with E-state index >= 15 is 0 Å². The molecule has 0 saturated carbocycles. The van der Waals surface area contributed by atoms with Crippen molar-refractivity contribution in [2.45, 2.75) is 6.92 Å². The molecule has 0 heterocycles. The fourth-order valence-corrected chi connectivity index (χ4v) is 0.220. The van der Waals surface area contributed by atoms with E-state index in [4.69, 9.17) is 15.9 Å². The molecule has 0 aromatic heterocycles. The second-order valence-electron chi connectivity index (χ2n) is 2.20. The van der Waals surface area contributed by atoms with Crippen molar-refractivity contribution in [1.29, 1.82) is 0 Å². The van der Waals surface area contributed by atoms with Gasteiger partial charge < -0.3 is 32.2 Å². The summed E-state index contributed by atoms with van der Waals surface area (Å²) in [5, 5.41) is 15.2. The van der Waals surface area contributed by atoms with Crippen LogP contribution in [-0.2, 0) is 19.1 Å². The van der Waals surface area contributed by atoms with E-state index in [1.165, 1.54) is 0 Å². The molecule has 0 aliphatic heterocycles. The van der Waals surface area contributed by atoms with Crippen molar-refractivity contribution in [3.63, 3.8) is 0 Å². The summed E-state index contributed by atoms with van der Waals surface area (Å²) in [7, 11) is 0. The van der Waals surface area contributed by atoms with Crippen LogP contribution in [0.5, 0.6) is 0 Å². The van der Waals surface area contributed by atoms with Crippen LogP contribution in [0.15, 0.2) is 0 Å². The zero-order chi connectivity index (χ0) is 14.3. The highest BCUT2D eigenvalue weighted by atomic mass is 16.5. The molecule has 0 fully saturated rings. The number of hydrogen-bond acceptors (Lipinski definition) is 7. The smallest absolute Gasteiger partial charge is 0.319 e. The van der Waals surface area contributed by atoms with Crippen LogP contribution in [-0.4, -0.2) is 54.4 Å². The molecule has 0 atom stereocenters. The molecular formula is C8H19N3O6. The van der Waals surface area contributed by atoms with Crippen LogP contribution in [0.1, 0.15) is 6.92 Å². The number of carbonyl (C=O) groups excluding carboxylic acids is 1. The Balaban J connectivity index is -0.000000177. The number of carbonyl (C=O) groups is 3. The minimum atomic E-state index is -0.968. The fraction of sp³-hybridized carbons (Fsp3) is 0.625. The lowest BCUT2D eigenvalue weighted by atomic mass is 10.7. The third-order valence-corrected chi connectivity index (χ3v) is 0.821. The molecule has 0 radical (unpaired) electrons. The SMILES string of the molecule is CCOC(=O)CN.NCC(=O)O.NCC(=O)O. The number of carboxylic acid groups (broad SMARTS) is 2. The first-order valence-corrected chi connectivity index (χ1v) is 4.54. The lowest BCUT2D eigenvalue weighted by Crippen LogP contribution is -2.16. The standard InChI is InChI=1S/C4H9NO2.2C2H5NO2/c1-2-7-4(6)3-5;2*3-1-2(4)5/h2-3,5H2,1H3;2*1,3H2,(H,4,5). The Kier molecular flexibility index (Phi) is 20.3. The minimum absolute atomic E-state index is 0.0200. The lowest BCUT2D eigenvalue weighted by molar-refractivity contribution is -0.141. The summed E-state index contributed by atoms with van der Waals surface area (Å²) >= 11 is 0. The van der Waals surface area contributed by atoms with Crippen molar-refractivity contribution in [2.24, 2.45) is 17.2 Å². The van der Waals surface area contributed by atoms with E-state index in [9.17, 15) is 14.4 Å². The van der Waals surface area contributed by atoms with E-state index < -0.39 is 11.9 Å². The van der Waals surface area contributed by atoms with Crippen molar-refractivity contribution in [1.82, 2.24) is 0 Å². The maximum absolute atomic E-state index is 10.1. The summed E-state index contributed by atoms with van der Waals surface area (Å²) in [6.07, 6.45) is 0. The Hall–Kier alpha value is -1.71. The van der Waals surface area contributed by atoms with Gasteiger partial charge in [0, 0.05) is 0 Å². The Morgan fingerprint density at radius 2 is 1.24 bits per heavy atom. The van der Waals surface area contributed by atoms with Gasteiger partial charge in [-0.15, -0.1) is 0 Å². The molecule has 17 heavy (non-hydrogen) atoms. The number of hydrogen-bond donors (Lipinski definition) is 5. The van der Waals surface area contributed by atoms with Gasteiger partial charge in [0.2, 0.25) is 0 Å². The maximum atomic E-state index is 10.1. The van der Waals surface area contributed by atoms with Gasteiger partial charge in [0.25, 0.3) is 0 Å². The minimum Gasteiger partial charge on any atom is -0.480 e. The second-order valence-corrected chi connectivity index (χ2v) is 2.20. The monoisotopic (exact) mass is 253 g/mol. The lowest BCUT2D eigenvalue weighted by Gasteiger charge is -1.93. The van der Waals surface area contributed by atoms with Crippen molar-refractivity contribution in [3.8, 4) is 0 Å². The fourth-order valence-electron chi connectivity index (χ4n) is 0.220. The summed E-state index contributed by atoms with van der Waals surface area (Å²) in [5.74, 6) is -2.28. The first kappa shape index (κ1) is 20.7. The van der Waals surface area contributed by atoms with Crippen LogP contribution in [0.4, 0.5) is 0 Å². The van der Waals surface area contributed by atoms with Crippen molar-refractivity contribution >= 4 is 17.9 Å². The number of carboxylic acids is 2. The third kappa shape index (κ3) is 40.6. The van der Waals surface area contributed by atoms with E-state index in [-0.39, 0.29) is 25.6 Å². The molecule has 0 bridgehead atoms. The van der Waals surface area contributed by atoms with Crippen LogP contribution in [0.25, 0.3) is 0 Å². The average molecular weight is 253 g/mol. The van der Waals surface area contributed by atoms with Crippen LogP contribution in [0.2, 0.25) is 0 Å². The van der Waals surface area contributed by atoms with Crippen molar-refractivity contribution in [3.05, 3.63) is 0 Å². The van der Waals surface area contributed by atoms with Gasteiger partial charge in [0.15, 0.2) is 0 Å². The summed E-state index contributed by atoms with van der Waals surface area (Å²) in [6.45, 7) is 1.58. The van der Waals surface area contributed by atoms with Gasteiger partial charge >= 0.3 is 17.9 Å². The molecule has 102 valence electrons. The molecule has 0 aliphatic rings. The van der Waals surface area contributed by atoms with Crippen LogP contribution < -0.4 is 17.2 Å². The van der Waals surface area contributed by atoms with E-state index in [1.807, 2.05) is 0 Å². The van der Waals surface area contributed by atoms with Crippen LogP contribution in [0.3, 0.4) is 0 Å². The average Bonchev–Trinajstić information content (AvgIpc) is 2.30. The zero-order valence-corrected chi connectivity index (χ0v) is 9.59. The van der Waals surface area contributed by atoms with E-state index in [2.05, 4.69) is 16.2 Å². The number of esters is 1. The summed E-state index contributed by atoms with van der Waals surface area (Å²) < 4.78 is 4.43. The Morgan fingerprint density at radius 1 is 0.941 bits per heavy atom. The first-order valence-electron chi connectivity index (χ1n) is 4.54. The van der Waals surface area contributed by atoms with Crippen LogP contribution in [0, 0.1) is 0 Å². The van der Waals surface area contributed by atoms with Gasteiger partial charge in [-0.05, 0) is 6.92 Å². The van der Waals surface area contributed by atoms with E-state index in [0.717, 1.165) is 0 Å². The zero-order valence-electron chi connectivity index (χ0n) is 9.59. The molecule has 0 unspecified atom stereocenters. The Labute approximate surface area is 98.5 Å². The van der Waals surface area contributed by atoms with Gasteiger partial charge in [-0.3, -0.25) is 14.4 Å². The first-order chi connectivity index (χ1) is 7.85. The molecule has 0 rings (SSSR count). The highest BCUT2D eigenvalue weighted by Gasteiger charge is 1.91. The van der Waals surface area contributed by atoms with E-state index in [0.29, 0.717) is 6.61 Å². The highest BCUT2D eigenvalue weighted by molar-refractivity contribution is 5.71. The molecule has 0 amide bonds. The molecule has 0 saturated heterocycles. The van der Waals surface area contributed by atoms with Gasteiger partial charge in [0.1, 0.15) is 0 Å². The quantitative estimate of drug-likeness (QED) is 0.340. The molecule has 8 N–H and O–H groups in total. The van der Waals surface area contributed by atoms with Gasteiger partial charge in [-0.1, -0.05) is 0 Å². The second kappa shape index (κ2) is 16.7. The highest BCUT2D eigenvalue weighted by Crippen LogP contribution is 1.69. The largest absolute Gasteiger partial charge is 0.480 e. The molecular weight excluding hydrogens is 234 g/mol. The van der Waals surface area contributed by atoms with Gasteiger partial charge in [0.05, 0.1) is 26.2 Å². The summed E-state index contributed by atoms with van der Waals surface area (Å²) in [5.41, 5.74) is 14.0. The van der Waals surface area contributed by atoms with Crippen molar-refractivity contribution in [2.75, 3.05) is 26.2 Å². The number of ether oxygens (including phenoxy) is 1. The number of rotatable bonds is 4. The predicted octanol–water partition coefficient (Wildman–Crippen LogP) is -2.43. The Bertz CT molecular complexity index is 207. The number of aliphatic carboxylic acids is 2. The van der Waals surface area contributed by atoms with E-state index in [1.54, 1.807) is 6.92 Å². The van der Waals surface area contributed by atoms with Crippen LogP contribution >= 0.6 is 0 Å². The normalized spacial score (nSPS) is 7.76. The molecule has 0 spiro atoms. The Morgan fingerprint density at radius 3 is 1.29 bits per heavy atom. The summed E-state index contributed by atoms with van der Waals surface area (Å²) in [4.78, 5) is 28.6. The van der Waals surface area contributed by atoms with Crippen molar-refractivity contribution < 1.29 is 29.3 Å².